The van der Waals surface area contributed by atoms with Gasteiger partial charge in [0.2, 0.25) is 0 Å². The number of nitro benzene ring substituents is 1. The summed E-state index contributed by atoms with van der Waals surface area (Å²) >= 11 is 0. The quantitative estimate of drug-likeness (QED) is 0.352. The second-order valence-corrected chi connectivity index (χ2v) is 6.51. The third-order valence-electron chi connectivity index (χ3n) is 4.81. The number of anilines is 2. The van der Waals surface area contributed by atoms with Crippen LogP contribution >= 0.6 is 0 Å². The van der Waals surface area contributed by atoms with E-state index in [4.69, 9.17) is 10.8 Å². The fourth-order valence-corrected chi connectivity index (χ4v) is 3.24. The van der Waals surface area contributed by atoms with Gasteiger partial charge in [-0.3, -0.25) is 15.0 Å². The Bertz CT molecular complexity index is 812. The number of β-amino-alcohol motifs (C(OH)–C–C–N with tert-alkyl or cyclic N) is 1. The van der Waals surface area contributed by atoms with E-state index in [0.29, 0.717) is 6.54 Å². The van der Waals surface area contributed by atoms with Crippen molar-refractivity contribution in [1.29, 1.82) is 0 Å². The summed E-state index contributed by atoms with van der Waals surface area (Å²) in [6.45, 7) is 4.46. The number of benzene rings is 2. The van der Waals surface area contributed by atoms with Crippen molar-refractivity contribution < 1.29 is 10.0 Å². The van der Waals surface area contributed by atoms with Crippen LogP contribution in [0, 0.1) is 10.1 Å². The molecule has 142 valence electrons. The lowest BCUT2D eigenvalue weighted by molar-refractivity contribution is -0.384. The Balaban J connectivity index is 1.72. The highest BCUT2D eigenvalue weighted by Crippen LogP contribution is 2.29. The Morgan fingerprint density at radius 2 is 1.78 bits per heavy atom. The van der Waals surface area contributed by atoms with Crippen LogP contribution in [0.1, 0.15) is 11.1 Å². The number of hydrogen-bond acceptors (Lipinski definition) is 6. The minimum absolute atomic E-state index is 0.0778. The number of non-ortho nitro benzene ring substituents is 1. The maximum Gasteiger partial charge on any atom is 0.269 e. The van der Waals surface area contributed by atoms with Gasteiger partial charge in [-0.15, -0.1) is 0 Å². The van der Waals surface area contributed by atoms with Crippen LogP contribution in [0.25, 0.3) is 12.2 Å². The van der Waals surface area contributed by atoms with Gasteiger partial charge in [0.25, 0.3) is 5.69 Å². The molecule has 0 amide bonds. The summed E-state index contributed by atoms with van der Waals surface area (Å²) in [5.74, 6) is 0. The Morgan fingerprint density at radius 3 is 2.41 bits per heavy atom. The first-order chi connectivity index (χ1) is 13.1. The van der Waals surface area contributed by atoms with Crippen molar-refractivity contribution >= 4 is 29.2 Å². The number of nitrogen functional groups attached to an aromatic ring is 1. The van der Waals surface area contributed by atoms with Gasteiger partial charge in [0.05, 0.1) is 22.9 Å². The van der Waals surface area contributed by atoms with Gasteiger partial charge in [-0.1, -0.05) is 24.3 Å². The molecule has 1 aliphatic heterocycles. The van der Waals surface area contributed by atoms with Gasteiger partial charge in [0, 0.05) is 44.9 Å². The molecule has 7 heteroatoms. The summed E-state index contributed by atoms with van der Waals surface area (Å²) in [7, 11) is 0. The van der Waals surface area contributed by atoms with Crippen LogP contribution in [0.15, 0.2) is 42.5 Å². The first-order valence-corrected chi connectivity index (χ1v) is 8.97. The van der Waals surface area contributed by atoms with E-state index >= 15 is 0 Å². The van der Waals surface area contributed by atoms with Gasteiger partial charge in [-0.2, -0.15) is 0 Å². The summed E-state index contributed by atoms with van der Waals surface area (Å²) in [6.07, 6.45) is 3.83. The first-order valence-electron chi connectivity index (χ1n) is 8.97. The SMILES string of the molecule is Nc1c(C=Cc2ccc([N+](=O)[O-])cc2)cccc1N1CCN(CCO)CC1. The summed E-state index contributed by atoms with van der Waals surface area (Å²) in [5.41, 5.74) is 10.0. The Kier molecular flexibility index (Phi) is 6.05. The van der Waals surface area contributed by atoms with Gasteiger partial charge >= 0.3 is 0 Å². The van der Waals surface area contributed by atoms with Crippen molar-refractivity contribution in [2.24, 2.45) is 0 Å². The Hall–Kier alpha value is -2.90. The van der Waals surface area contributed by atoms with Crippen LogP contribution in [-0.2, 0) is 0 Å². The van der Waals surface area contributed by atoms with Crippen LogP contribution in [0.4, 0.5) is 17.1 Å². The fraction of sp³-hybridized carbons (Fsp3) is 0.300. The van der Waals surface area contributed by atoms with Crippen molar-refractivity contribution in [3.8, 4) is 0 Å². The number of para-hydroxylation sites is 1. The molecule has 2 aromatic carbocycles. The molecule has 0 atom stereocenters. The number of hydrogen-bond donors (Lipinski definition) is 2. The van der Waals surface area contributed by atoms with Crippen molar-refractivity contribution in [1.82, 2.24) is 4.90 Å². The van der Waals surface area contributed by atoms with Gasteiger partial charge in [-0.05, 0) is 29.3 Å². The van der Waals surface area contributed by atoms with Crippen LogP contribution in [0.5, 0.6) is 0 Å². The number of aliphatic hydroxyl groups is 1. The third-order valence-corrected chi connectivity index (χ3v) is 4.81. The molecule has 2 aromatic rings. The second-order valence-electron chi connectivity index (χ2n) is 6.51. The van der Waals surface area contributed by atoms with Crippen molar-refractivity contribution in [3.05, 3.63) is 63.7 Å². The van der Waals surface area contributed by atoms with E-state index in [-0.39, 0.29) is 12.3 Å². The molecule has 27 heavy (non-hydrogen) atoms. The van der Waals surface area contributed by atoms with Crippen molar-refractivity contribution in [3.63, 3.8) is 0 Å². The average molecular weight is 368 g/mol. The zero-order valence-corrected chi connectivity index (χ0v) is 15.1. The smallest absolute Gasteiger partial charge is 0.269 e. The normalized spacial score (nSPS) is 15.4. The second kappa shape index (κ2) is 8.66. The van der Waals surface area contributed by atoms with Crippen molar-refractivity contribution in [2.45, 2.75) is 0 Å². The molecular weight excluding hydrogens is 344 g/mol. The van der Waals surface area contributed by atoms with Gasteiger partial charge in [0.1, 0.15) is 0 Å². The van der Waals surface area contributed by atoms with Crippen LogP contribution in [0.3, 0.4) is 0 Å². The maximum atomic E-state index is 10.7. The molecular formula is C20H24N4O3. The molecule has 1 saturated heterocycles. The van der Waals surface area contributed by atoms with E-state index in [2.05, 4.69) is 9.80 Å². The highest BCUT2D eigenvalue weighted by atomic mass is 16.6. The van der Waals surface area contributed by atoms with E-state index in [0.717, 1.165) is 48.7 Å². The van der Waals surface area contributed by atoms with E-state index in [1.165, 1.54) is 12.1 Å². The molecule has 1 fully saturated rings. The van der Waals surface area contributed by atoms with E-state index in [1.807, 2.05) is 30.4 Å². The van der Waals surface area contributed by atoms with Crippen LogP contribution in [-0.4, -0.2) is 54.3 Å². The maximum absolute atomic E-state index is 10.7. The summed E-state index contributed by atoms with van der Waals surface area (Å²) < 4.78 is 0. The first kappa shape index (κ1) is 18.9. The topological polar surface area (TPSA) is 95.9 Å². The molecule has 7 nitrogen and oxygen atoms in total. The van der Waals surface area contributed by atoms with Crippen LogP contribution < -0.4 is 10.6 Å². The lowest BCUT2D eigenvalue weighted by Gasteiger charge is -2.36. The highest BCUT2D eigenvalue weighted by Gasteiger charge is 2.18. The van der Waals surface area contributed by atoms with Gasteiger partial charge in [-0.25, -0.2) is 0 Å². The Labute approximate surface area is 158 Å². The van der Waals surface area contributed by atoms with E-state index < -0.39 is 4.92 Å². The summed E-state index contributed by atoms with van der Waals surface area (Å²) in [4.78, 5) is 14.8. The number of nitrogens with two attached hydrogens (primary N) is 1. The highest BCUT2D eigenvalue weighted by molar-refractivity contribution is 5.83. The molecule has 3 N–H and O–H groups in total. The number of piperazine rings is 1. The molecule has 0 saturated carbocycles. The predicted octanol–water partition coefficient (Wildman–Crippen LogP) is 2.46. The van der Waals surface area contributed by atoms with E-state index in [1.54, 1.807) is 12.1 Å². The summed E-state index contributed by atoms with van der Waals surface area (Å²) in [6, 6.07) is 12.4. The fourth-order valence-electron chi connectivity index (χ4n) is 3.24. The number of nitro groups is 1. The average Bonchev–Trinajstić information content (AvgIpc) is 2.68. The van der Waals surface area contributed by atoms with Gasteiger partial charge < -0.3 is 15.7 Å². The third kappa shape index (κ3) is 4.64. The predicted molar refractivity (Wildman–Crippen MR) is 109 cm³/mol. The number of nitrogens with zero attached hydrogens (tertiary/aromatic N) is 3. The minimum atomic E-state index is -0.407. The van der Waals surface area contributed by atoms with Crippen molar-refractivity contribution in [2.75, 3.05) is 50.0 Å². The largest absolute Gasteiger partial charge is 0.397 e. The zero-order valence-electron chi connectivity index (χ0n) is 15.1. The molecule has 0 radical (unpaired) electrons. The molecule has 0 aromatic heterocycles. The lowest BCUT2D eigenvalue weighted by Crippen LogP contribution is -2.47. The van der Waals surface area contributed by atoms with Crippen LogP contribution in [0.2, 0.25) is 0 Å². The molecule has 1 aliphatic rings. The minimum Gasteiger partial charge on any atom is -0.397 e. The monoisotopic (exact) mass is 368 g/mol. The number of rotatable bonds is 6. The summed E-state index contributed by atoms with van der Waals surface area (Å²) in [5, 5.41) is 19.8. The molecule has 1 heterocycles. The standard InChI is InChI=1S/C20H24N4O3/c21-20-17(7-4-16-5-8-18(9-6-16)24(26)27)2-1-3-19(20)23-12-10-22(11-13-23)14-15-25/h1-9,25H,10-15,21H2. The van der Waals surface area contributed by atoms with Gasteiger partial charge in [0.15, 0.2) is 0 Å². The zero-order chi connectivity index (χ0) is 19.2. The molecule has 3 rings (SSSR count). The number of aliphatic hydroxyl groups excluding tert-OH is 1. The molecule has 0 aliphatic carbocycles. The molecule has 0 spiro atoms. The lowest BCUT2D eigenvalue weighted by atomic mass is 10.1. The van der Waals surface area contributed by atoms with E-state index in [9.17, 15) is 10.1 Å². The molecule has 0 unspecified atom stereocenters. The Morgan fingerprint density at radius 1 is 1.07 bits per heavy atom. The molecule has 0 bridgehead atoms.